The van der Waals surface area contributed by atoms with E-state index >= 15 is 0 Å². The Morgan fingerprint density at radius 1 is 0.947 bits per heavy atom. The minimum atomic E-state index is -4.82. The highest BCUT2D eigenvalue weighted by molar-refractivity contribution is 5.71. The number of hydrogen-bond donors (Lipinski definition) is 1. The number of halogens is 4. The summed E-state index contributed by atoms with van der Waals surface area (Å²) in [6.45, 7) is 0. The van der Waals surface area contributed by atoms with Crippen molar-refractivity contribution >= 4 is 0 Å². The fraction of sp³-hybridized carbons (Fsp3) is 0.0769. The van der Waals surface area contributed by atoms with E-state index in [1.54, 1.807) is 0 Å². The Morgan fingerprint density at radius 3 is 2.11 bits per heavy atom. The predicted octanol–water partition coefficient (Wildman–Crippen LogP) is 4.10. The molecule has 2 rings (SSSR count). The Kier molecular flexibility index (Phi) is 3.33. The molecule has 2 aromatic rings. The van der Waals surface area contributed by atoms with Gasteiger partial charge in [-0.2, -0.15) is 0 Å². The molecule has 0 radical (unpaired) electrons. The van der Waals surface area contributed by atoms with E-state index in [0.29, 0.717) is 5.56 Å². The summed E-state index contributed by atoms with van der Waals surface area (Å²) >= 11 is 0. The summed E-state index contributed by atoms with van der Waals surface area (Å²) in [4.78, 5) is 0. The lowest BCUT2D eigenvalue weighted by Crippen LogP contribution is -2.16. The molecule has 0 aliphatic carbocycles. The zero-order valence-corrected chi connectivity index (χ0v) is 9.41. The molecule has 0 aromatic heterocycles. The van der Waals surface area contributed by atoms with Crippen LogP contribution in [0.2, 0.25) is 0 Å². The molecular formula is C13H8F4O2. The van der Waals surface area contributed by atoms with Crippen LogP contribution in [0.1, 0.15) is 0 Å². The van der Waals surface area contributed by atoms with Crippen LogP contribution in [0, 0.1) is 5.82 Å². The van der Waals surface area contributed by atoms with E-state index < -0.39 is 17.9 Å². The molecule has 0 aliphatic rings. The van der Waals surface area contributed by atoms with Crippen LogP contribution in [0.5, 0.6) is 11.5 Å². The molecule has 0 heterocycles. The third-order valence-electron chi connectivity index (χ3n) is 2.36. The van der Waals surface area contributed by atoms with E-state index in [4.69, 9.17) is 0 Å². The van der Waals surface area contributed by atoms with Gasteiger partial charge in [0, 0.05) is 11.6 Å². The van der Waals surface area contributed by atoms with Crippen molar-refractivity contribution in [2.75, 3.05) is 0 Å². The molecule has 2 aromatic carbocycles. The lowest BCUT2D eigenvalue weighted by molar-refractivity contribution is -0.274. The predicted molar refractivity (Wildman–Crippen MR) is 60.2 cm³/mol. The van der Waals surface area contributed by atoms with Crippen molar-refractivity contribution in [3.8, 4) is 22.6 Å². The maximum Gasteiger partial charge on any atom is 0.573 e. The van der Waals surface area contributed by atoms with Gasteiger partial charge in [-0.15, -0.1) is 13.2 Å². The molecule has 1 N–H and O–H groups in total. The number of rotatable bonds is 2. The Morgan fingerprint density at radius 2 is 1.58 bits per heavy atom. The molecule has 0 bridgehead atoms. The number of ether oxygens (including phenoxy) is 1. The second-order valence-corrected chi connectivity index (χ2v) is 3.73. The van der Waals surface area contributed by atoms with E-state index in [1.165, 1.54) is 30.3 Å². The molecule has 0 saturated heterocycles. The summed E-state index contributed by atoms with van der Waals surface area (Å²) in [5, 5.41) is 9.67. The first-order valence-corrected chi connectivity index (χ1v) is 5.20. The first kappa shape index (κ1) is 13.2. The van der Waals surface area contributed by atoms with Crippen LogP contribution in [0.15, 0.2) is 42.5 Å². The largest absolute Gasteiger partial charge is 0.573 e. The average Bonchev–Trinajstić information content (AvgIpc) is 2.29. The lowest BCUT2D eigenvalue weighted by atomic mass is 10.0. The summed E-state index contributed by atoms with van der Waals surface area (Å²) in [7, 11) is 0. The first-order valence-electron chi connectivity index (χ1n) is 5.20. The number of alkyl halides is 3. The third kappa shape index (κ3) is 3.37. The highest BCUT2D eigenvalue weighted by Gasteiger charge is 2.31. The minimum absolute atomic E-state index is 0.287. The van der Waals surface area contributed by atoms with Crippen molar-refractivity contribution in [1.29, 1.82) is 0 Å². The van der Waals surface area contributed by atoms with Crippen molar-refractivity contribution in [2.45, 2.75) is 6.36 Å². The highest BCUT2D eigenvalue weighted by atomic mass is 19.4. The molecule has 100 valence electrons. The maximum absolute atomic E-state index is 12.7. The lowest BCUT2D eigenvalue weighted by Gasteiger charge is -2.11. The Balaban J connectivity index is 2.31. The topological polar surface area (TPSA) is 29.5 Å². The molecular weight excluding hydrogens is 264 g/mol. The van der Waals surface area contributed by atoms with Crippen LogP contribution in [-0.2, 0) is 0 Å². The van der Waals surface area contributed by atoms with Gasteiger partial charge in [-0.1, -0.05) is 12.1 Å². The number of aromatic hydroxyl groups is 1. The number of hydrogen-bond acceptors (Lipinski definition) is 2. The fourth-order valence-corrected chi connectivity index (χ4v) is 1.58. The molecule has 0 atom stereocenters. The summed E-state index contributed by atoms with van der Waals surface area (Å²) in [6, 6.07) is 8.40. The summed E-state index contributed by atoms with van der Waals surface area (Å²) in [6.07, 6.45) is -4.82. The summed E-state index contributed by atoms with van der Waals surface area (Å²) in [5.41, 5.74) is 0.770. The highest BCUT2D eigenvalue weighted by Crippen LogP contribution is 2.34. The van der Waals surface area contributed by atoms with E-state index in [1.807, 2.05) is 0 Å². The van der Waals surface area contributed by atoms with Crippen LogP contribution in [0.3, 0.4) is 0 Å². The van der Waals surface area contributed by atoms with Gasteiger partial charge >= 0.3 is 6.36 Å². The van der Waals surface area contributed by atoms with E-state index in [-0.39, 0.29) is 11.3 Å². The first-order chi connectivity index (χ1) is 8.85. The molecule has 6 heteroatoms. The Hall–Kier alpha value is -2.24. The van der Waals surface area contributed by atoms with Gasteiger partial charge < -0.3 is 9.84 Å². The van der Waals surface area contributed by atoms with E-state index in [9.17, 15) is 22.7 Å². The number of phenolic OH excluding ortho intramolecular Hbond substituents is 1. The number of phenols is 1. The maximum atomic E-state index is 12.7. The zero-order valence-electron chi connectivity index (χ0n) is 9.41. The van der Waals surface area contributed by atoms with Crippen LogP contribution in [-0.4, -0.2) is 11.5 Å². The van der Waals surface area contributed by atoms with Crippen LogP contribution in [0.25, 0.3) is 11.1 Å². The monoisotopic (exact) mass is 272 g/mol. The zero-order chi connectivity index (χ0) is 14.0. The number of benzene rings is 2. The van der Waals surface area contributed by atoms with Crippen LogP contribution < -0.4 is 4.74 Å². The van der Waals surface area contributed by atoms with Gasteiger partial charge in [-0.05, 0) is 29.8 Å². The van der Waals surface area contributed by atoms with Gasteiger partial charge in [0.25, 0.3) is 0 Å². The van der Waals surface area contributed by atoms with E-state index in [0.717, 1.165) is 12.1 Å². The SMILES string of the molecule is Oc1cc(OC(F)(F)F)ccc1-c1ccc(F)cc1. The van der Waals surface area contributed by atoms with E-state index in [2.05, 4.69) is 4.74 Å². The van der Waals surface area contributed by atoms with Crippen molar-refractivity contribution in [1.82, 2.24) is 0 Å². The second-order valence-electron chi connectivity index (χ2n) is 3.73. The molecule has 19 heavy (non-hydrogen) atoms. The normalized spacial score (nSPS) is 11.4. The average molecular weight is 272 g/mol. The van der Waals surface area contributed by atoms with Gasteiger partial charge in [-0.3, -0.25) is 0 Å². The van der Waals surface area contributed by atoms with Crippen molar-refractivity contribution in [2.24, 2.45) is 0 Å². The van der Waals surface area contributed by atoms with Crippen molar-refractivity contribution < 1.29 is 27.4 Å². The fourth-order valence-electron chi connectivity index (χ4n) is 1.58. The molecule has 0 saturated carbocycles. The van der Waals surface area contributed by atoms with Crippen molar-refractivity contribution in [3.63, 3.8) is 0 Å². The molecule has 0 unspecified atom stereocenters. The standard InChI is InChI=1S/C13H8F4O2/c14-9-3-1-8(2-4-9)11-6-5-10(7-12(11)18)19-13(15,16)17/h1-7,18H. The quantitative estimate of drug-likeness (QED) is 0.834. The smallest absolute Gasteiger partial charge is 0.507 e. The van der Waals surface area contributed by atoms with Gasteiger partial charge in [0.05, 0.1) is 0 Å². The Labute approximate surface area is 105 Å². The summed E-state index contributed by atoms with van der Waals surface area (Å²) < 4.78 is 52.4. The Bertz CT molecular complexity index is 576. The minimum Gasteiger partial charge on any atom is -0.507 e. The molecule has 0 amide bonds. The van der Waals surface area contributed by atoms with Crippen LogP contribution >= 0.6 is 0 Å². The molecule has 0 aliphatic heterocycles. The van der Waals surface area contributed by atoms with Gasteiger partial charge in [0.15, 0.2) is 0 Å². The van der Waals surface area contributed by atoms with Gasteiger partial charge in [0.1, 0.15) is 17.3 Å². The van der Waals surface area contributed by atoms with Gasteiger partial charge in [0.2, 0.25) is 0 Å². The van der Waals surface area contributed by atoms with Crippen molar-refractivity contribution in [3.05, 3.63) is 48.3 Å². The third-order valence-corrected chi connectivity index (χ3v) is 2.36. The summed E-state index contributed by atoms with van der Waals surface area (Å²) in [5.74, 6) is -1.34. The molecule has 2 nitrogen and oxygen atoms in total. The van der Waals surface area contributed by atoms with Gasteiger partial charge in [-0.25, -0.2) is 4.39 Å². The van der Waals surface area contributed by atoms with Crippen LogP contribution in [0.4, 0.5) is 17.6 Å². The molecule has 0 fully saturated rings. The molecule has 0 spiro atoms. The second kappa shape index (κ2) is 4.79.